The van der Waals surface area contributed by atoms with E-state index in [1.165, 1.54) is 23.4 Å². The van der Waals surface area contributed by atoms with Crippen LogP contribution in [0.4, 0.5) is 5.69 Å². The fourth-order valence-corrected chi connectivity index (χ4v) is 5.30. The SMILES string of the molecule is CC(=O)Nc1ccc(S(=O)(=O)N2CCN(C(=O)c3cc4n(n3)CCCC4)CC2)cc1. The molecule has 0 saturated carbocycles. The normalized spacial score (nSPS) is 17.4. The molecule has 3 heterocycles. The Bertz CT molecular complexity index is 1030. The van der Waals surface area contributed by atoms with Gasteiger partial charge in [0, 0.05) is 51.0 Å². The molecule has 0 radical (unpaired) electrons. The van der Waals surface area contributed by atoms with Crippen molar-refractivity contribution in [1.29, 1.82) is 0 Å². The summed E-state index contributed by atoms with van der Waals surface area (Å²) in [5.74, 6) is -0.362. The van der Waals surface area contributed by atoms with Gasteiger partial charge in [-0.1, -0.05) is 0 Å². The van der Waals surface area contributed by atoms with Crippen molar-refractivity contribution in [3.63, 3.8) is 0 Å². The number of aromatic nitrogens is 2. The van der Waals surface area contributed by atoms with E-state index >= 15 is 0 Å². The van der Waals surface area contributed by atoms with E-state index in [4.69, 9.17) is 0 Å². The maximum absolute atomic E-state index is 12.9. The zero-order valence-electron chi connectivity index (χ0n) is 16.9. The molecular weight excluding hydrogens is 406 g/mol. The molecule has 160 valence electrons. The Balaban J connectivity index is 1.40. The average Bonchev–Trinajstić information content (AvgIpc) is 3.17. The molecule has 30 heavy (non-hydrogen) atoms. The summed E-state index contributed by atoms with van der Waals surface area (Å²) in [6.07, 6.45) is 3.12. The third kappa shape index (κ3) is 4.10. The maximum atomic E-state index is 12.9. The van der Waals surface area contributed by atoms with Gasteiger partial charge in [0.1, 0.15) is 0 Å². The van der Waals surface area contributed by atoms with Crippen molar-refractivity contribution >= 4 is 27.5 Å². The Morgan fingerprint density at radius 3 is 2.33 bits per heavy atom. The lowest BCUT2D eigenvalue weighted by molar-refractivity contribution is -0.114. The molecule has 1 saturated heterocycles. The minimum Gasteiger partial charge on any atom is -0.335 e. The summed E-state index contributed by atoms with van der Waals surface area (Å²) in [5, 5.41) is 7.05. The average molecular weight is 432 g/mol. The molecule has 1 aromatic heterocycles. The number of piperazine rings is 1. The molecule has 0 unspecified atom stereocenters. The Labute approximate surface area is 175 Å². The number of hydrogen-bond donors (Lipinski definition) is 1. The molecule has 2 aliphatic rings. The van der Waals surface area contributed by atoms with Crippen molar-refractivity contribution in [2.45, 2.75) is 37.6 Å². The second kappa shape index (κ2) is 8.19. The van der Waals surface area contributed by atoms with Crippen LogP contribution in [0.1, 0.15) is 35.9 Å². The third-order valence-corrected chi connectivity index (χ3v) is 7.39. The lowest BCUT2D eigenvalue weighted by Crippen LogP contribution is -2.50. The van der Waals surface area contributed by atoms with Crippen molar-refractivity contribution in [2.24, 2.45) is 0 Å². The number of anilines is 1. The number of rotatable bonds is 4. The number of carbonyl (C=O) groups excluding carboxylic acids is 2. The van der Waals surface area contributed by atoms with Crippen LogP contribution in [-0.2, 0) is 27.8 Å². The quantitative estimate of drug-likeness (QED) is 0.786. The molecular formula is C20H25N5O4S. The maximum Gasteiger partial charge on any atom is 0.274 e. The van der Waals surface area contributed by atoms with Crippen LogP contribution in [-0.4, -0.2) is 65.4 Å². The largest absolute Gasteiger partial charge is 0.335 e. The van der Waals surface area contributed by atoms with E-state index in [9.17, 15) is 18.0 Å². The van der Waals surface area contributed by atoms with Crippen LogP contribution in [0, 0.1) is 0 Å². The smallest absolute Gasteiger partial charge is 0.274 e. The molecule has 9 nitrogen and oxygen atoms in total. The first-order chi connectivity index (χ1) is 14.3. The van der Waals surface area contributed by atoms with Gasteiger partial charge < -0.3 is 10.2 Å². The molecule has 2 amide bonds. The molecule has 1 aromatic carbocycles. The van der Waals surface area contributed by atoms with Gasteiger partial charge in [0.15, 0.2) is 5.69 Å². The number of nitrogens with one attached hydrogen (secondary N) is 1. The second-order valence-corrected chi connectivity index (χ2v) is 9.54. The third-order valence-electron chi connectivity index (χ3n) is 5.47. The highest BCUT2D eigenvalue weighted by molar-refractivity contribution is 7.89. The number of nitrogens with zero attached hydrogens (tertiary/aromatic N) is 4. The van der Waals surface area contributed by atoms with E-state index in [1.54, 1.807) is 17.0 Å². The number of sulfonamides is 1. The number of benzene rings is 1. The lowest BCUT2D eigenvalue weighted by atomic mass is 10.1. The standard InChI is InChI=1S/C20H25N5O4S/c1-15(26)21-16-5-7-18(8-6-16)30(28,29)24-12-10-23(11-13-24)20(27)19-14-17-4-2-3-9-25(17)22-19/h5-8,14H,2-4,9-13H2,1H3,(H,21,26). The number of fused-ring (bicyclic) bond motifs is 1. The predicted molar refractivity (Wildman–Crippen MR) is 111 cm³/mol. The Morgan fingerprint density at radius 2 is 1.70 bits per heavy atom. The molecule has 1 fully saturated rings. The predicted octanol–water partition coefficient (Wildman–Crippen LogP) is 1.32. The van der Waals surface area contributed by atoms with E-state index < -0.39 is 10.0 Å². The second-order valence-electron chi connectivity index (χ2n) is 7.60. The van der Waals surface area contributed by atoms with E-state index in [0.717, 1.165) is 31.5 Å². The topological polar surface area (TPSA) is 105 Å². The van der Waals surface area contributed by atoms with Gasteiger partial charge in [-0.2, -0.15) is 9.40 Å². The summed E-state index contributed by atoms with van der Waals surface area (Å²) < 4.78 is 29.1. The Kier molecular flexibility index (Phi) is 5.61. The molecule has 2 aromatic rings. The van der Waals surface area contributed by atoms with Crippen molar-refractivity contribution in [3.05, 3.63) is 41.7 Å². The molecule has 4 rings (SSSR count). The summed E-state index contributed by atoms with van der Waals surface area (Å²) in [4.78, 5) is 25.8. The van der Waals surface area contributed by atoms with Gasteiger partial charge in [-0.15, -0.1) is 0 Å². The van der Waals surface area contributed by atoms with Gasteiger partial charge in [-0.05, 0) is 49.6 Å². The molecule has 0 spiro atoms. The van der Waals surface area contributed by atoms with Crippen molar-refractivity contribution in [2.75, 3.05) is 31.5 Å². The fourth-order valence-electron chi connectivity index (χ4n) is 3.88. The summed E-state index contributed by atoms with van der Waals surface area (Å²) in [5.41, 5.74) is 2.07. The summed E-state index contributed by atoms with van der Waals surface area (Å²) in [6, 6.07) is 7.95. The highest BCUT2D eigenvalue weighted by atomic mass is 32.2. The summed E-state index contributed by atoms with van der Waals surface area (Å²) in [7, 11) is -3.66. The molecule has 10 heteroatoms. The first-order valence-electron chi connectivity index (χ1n) is 10.1. The number of aryl methyl sites for hydroxylation is 2. The van der Waals surface area contributed by atoms with Gasteiger partial charge in [0.25, 0.3) is 5.91 Å². The molecule has 0 bridgehead atoms. The van der Waals surface area contributed by atoms with Crippen LogP contribution in [0.5, 0.6) is 0 Å². The van der Waals surface area contributed by atoms with Gasteiger partial charge in [0.05, 0.1) is 4.90 Å². The molecule has 2 aliphatic heterocycles. The lowest BCUT2D eigenvalue weighted by Gasteiger charge is -2.33. The Morgan fingerprint density at radius 1 is 1.00 bits per heavy atom. The highest BCUT2D eigenvalue weighted by Crippen LogP contribution is 2.21. The minimum absolute atomic E-state index is 0.145. The van der Waals surface area contributed by atoms with Crippen molar-refractivity contribution in [1.82, 2.24) is 19.0 Å². The van der Waals surface area contributed by atoms with Crippen LogP contribution < -0.4 is 5.32 Å². The number of carbonyl (C=O) groups is 2. The van der Waals surface area contributed by atoms with E-state index in [2.05, 4.69) is 10.4 Å². The molecule has 0 aliphatic carbocycles. The van der Waals surface area contributed by atoms with Crippen molar-refractivity contribution in [3.8, 4) is 0 Å². The minimum atomic E-state index is -3.66. The number of amides is 2. The van der Waals surface area contributed by atoms with Gasteiger partial charge in [0.2, 0.25) is 15.9 Å². The molecule has 1 N–H and O–H groups in total. The first-order valence-corrected chi connectivity index (χ1v) is 11.5. The number of hydrogen-bond acceptors (Lipinski definition) is 5. The van der Waals surface area contributed by atoms with Crippen LogP contribution >= 0.6 is 0 Å². The van der Waals surface area contributed by atoms with Gasteiger partial charge in [-0.25, -0.2) is 8.42 Å². The van der Waals surface area contributed by atoms with Crippen LogP contribution in [0.3, 0.4) is 0 Å². The molecule has 0 atom stereocenters. The first kappa shape index (κ1) is 20.5. The Hall–Kier alpha value is -2.72. The van der Waals surface area contributed by atoms with Crippen LogP contribution in [0.2, 0.25) is 0 Å². The van der Waals surface area contributed by atoms with Crippen molar-refractivity contribution < 1.29 is 18.0 Å². The fraction of sp³-hybridized carbons (Fsp3) is 0.450. The van der Waals surface area contributed by atoms with Crippen LogP contribution in [0.25, 0.3) is 0 Å². The zero-order chi connectivity index (χ0) is 21.3. The highest BCUT2D eigenvalue weighted by Gasteiger charge is 2.31. The van der Waals surface area contributed by atoms with E-state index in [1.807, 2.05) is 10.7 Å². The van der Waals surface area contributed by atoms with E-state index in [-0.39, 0.29) is 29.8 Å². The van der Waals surface area contributed by atoms with Gasteiger partial charge in [-0.3, -0.25) is 14.3 Å². The van der Waals surface area contributed by atoms with Gasteiger partial charge >= 0.3 is 0 Å². The summed E-state index contributed by atoms with van der Waals surface area (Å²) in [6.45, 7) is 3.35. The van der Waals surface area contributed by atoms with Crippen LogP contribution in [0.15, 0.2) is 35.2 Å². The monoisotopic (exact) mass is 431 g/mol. The zero-order valence-corrected chi connectivity index (χ0v) is 17.7. The van der Waals surface area contributed by atoms with E-state index in [0.29, 0.717) is 24.5 Å². The summed E-state index contributed by atoms with van der Waals surface area (Å²) >= 11 is 0.